The molecule has 0 aliphatic carbocycles. The molecule has 0 bridgehead atoms. The Morgan fingerprint density at radius 1 is 0.808 bits per heavy atom. The molecule has 0 saturated heterocycles. The molecule has 4 heteroatoms. The van der Waals surface area contributed by atoms with Gasteiger partial charge in [-0.2, -0.15) is 0 Å². The van der Waals surface area contributed by atoms with Crippen LogP contribution >= 0.6 is 0 Å². The smallest absolute Gasteiger partial charge is 0.140 e. The van der Waals surface area contributed by atoms with E-state index in [9.17, 15) is 0 Å². The van der Waals surface area contributed by atoms with E-state index in [2.05, 4.69) is 53.0 Å². The quantitative estimate of drug-likeness (QED) is 0.603. The number of pyridine rings is 1. The molecular weight excluding hydrogens is 320 g/mol. The van der Waals surface area contributed by atoms with Crippen LogP contribution in [0.1, 0.15) is 5.56 Å². The number of imidazole rings is 1. The van der Waals surface area contributed by atoms with Crippen LogP contribution in [0.5, 0.6) is 0 Å². The van der Waals surface area contributed by atoms with Crippen LogP contribution < -0.4 is 5.73 Å². The molecule has 4 rings (SSSR count). The molecule has 4 aromatic rings. The monoisotopic (exact) mass is 340 g/mol. The van der Waals surface area contributed by atoms with E-state index in [1.54, 1.807) is 0 Å². The highest BCUT2D eigenvalue weighted by Gasteiger charge is 2.18. The Morgan fingerprint density at radius 2 is 1.50 bits per heavy atom. The number of nitrogens with zero attached hydrogens (tertiary/aromatic N) is 3. The van der Waals surface area contributed by atoms with Gasteiger partial charge in [0.25, 0.3) is 0 Å². The zero-order chi connectivity index (χ0) is 17.9. The van der Waals surface area contributed by atoms with Crippen molar-refractivity contribution in [2.75, 3.05) is 0 Å². The summed E-state index contributed by atoms with van der Waals surface area (Å²) in [6.07, 6.45) is 3.62. The average molecular weight is 340 g/mol. The maximum absolute atomic E-state index is 5.72. The fraction of sp³-hybridized carbons (Fsp3) is 0.0909. The van der Waals surface area contributed by atoms with Gasteiger partial charge in [-0.05, 0) is 17.7 Å². The van der Waals surface area contributed by atoms with Crippen molar-refractivity contribution in [1.29, 1.82) is 0 Å². The highest BCUT2D eigenvalue weighted by atomic mass is 15.1. The van der Waals surface area contributed by atoms with Crippen molar-refractivity contribution >= 4 is 0 Å². The Balaban J connectivity index is 1.93. The van der Waals surface area contributed by atoms with Crippen molar-refractivity contribution in [3.63, 3.8) is 0 Å². The number of nitrogens with two attached hydrogens (primary N) is 1. The van der Waals surface area contributed by atoms with Crippen molar-refractivity contribution in [1.82, 2.24) is 14.5 Å². The maximum Gasteiger partial charge on any atom is 0.140 e. The molecule has 0 amide bonds. The van der Waals surface area contributed by atoms with Crippen LogP contribution in [-0.4, -0.2) is 14.5 Å². The second-order valence-electron chi connectivity index (χ2n) is 6.19. The SMILES string of the molecule is Cn1c(-c2ccc(CN)cc2)nc(-c2ccccc2)c1-c1ccncc1. The standard InChI is InChI=1S/C22H20N4/c1-26-21(18-11-13-24-14-12-18)20(17-5-3-2-4-6-17)25-22(26)19-9-7-16(15-23)8-10-19/h2-14H,15,23H2,1H3. The van der Waals surface area contributed by atoms with Gasteiger partial charge < -0.3 is 10.3 Å². The van der Waals surface area contributed by atoms with Crippen LogP contribution in [0, 0.1) is 0 Å². The molecule has 2 heterocycles. The van der Waals surface area contributed by atoms with Gasteiger partial charge in [0.15, 0.2) is 0 Å². The Hall–Kier alpha value is -3.24. The highest BCUT2D eigenvalue weighted by molar-refractivity contribution is 5.81. The van der Waals surface area contributed by atoms with Crippen molar-refractivity contribution in [3.8, 4) is 33.9 Å². The molecule has 2 aromatic carbocycles. The van der Waals surface area contributed by atoms with E-state index in [1.165, 1.54) is 0 Å². The van der Waals surface area contributed by atoms with Crippen molar-refractivity contribution < 1.29 is 0 Å². The minimum atomic E-state index is 0.540. The summed E-state index contributed by atoms with van der Waals surface area (Å²) >= 11 is 0. The van der Waals surface area contributed by atoms with Gasteiger partial charge in [0.1, 0.15) is 5.82 Å². The second kappa shape index (κ2) is 6.94. The molecule has 0 spiro atoms. The molecule has 2 aromatic heterocycles. The Bertz CT molecular complexity index is 1000. The third kappa shape index (κ3) is 2.91. The number of benzene rings is 2. The molecule has 0 fully saturated rings. The number of hydrogen-bond acceptors (Lipinski definition) is 3. The first-order chi connectivity index (χ1) is 12.8. The lowest BCUT2D eigenvalue weighted by atomic mass is 10.1. The first kappa shape index (κ1) is 16.2. The van der Waals surface area contributed by atoms with E-state index >= 15 is 0 Å². The van der Waals surface area contributed by atoms with Gasteiger partial charge in [-0.3, -0.25) is 4.98 Å². The van der Waals surface area contributed by atoms with Gasteiger partial charge >= 0.3 is 0 Å². The summed E-state index contributed by atoms with van der Waals surface area (Å²) < 4.78 is 2.15. The minimum Gasteiger partial charge on any atom is -0.327 e. The van der Waals surface area contributed by atoms with Gasteiger partial charge in [-0.1, -0.05) is 54.6 Å². The summed E-state index contributed by atoms with van der Waals surface area (Å²) in [7, 11) is 2.06. The summed E-state index contributed by atoms with van der Waals surface area (Å²) in [4.78, 5) is 9.14. The Labute approximate surface area is 153 Å². The van der Waals surface area contributed by atoms with E-state index in [-0.39, 0.29) is 0 Å². The summed E-state index contributed by atoms with van der Waals surface area (Å²) in [5, 5.41) is 0. The van der Waals surface area contributed by atoms with E-state index < -0.39 is 0 Å². The molecule has 2 N–H and O–H groups in total. The lowest BCUT2D eigenvalue weighted by molar-refractivity contribution is 0.932. The molecule has 0 aliphatic rings. The van der Waals surface area contributed by atoms with Crippen LogP contribution in [0.25, 0.3) is 33.9 Å². The van der Waals surface area contributed by atoms with Gasteiger partial charge in [0, 0.05) is 42.7 Å². The average Bonchev–Trinajstić information content (AvgIpc) is 3.06. The fourth-order valence-electron chi connectivity index (χ4n) is 3.18. The van der Waals surface area contributed by atoms with Crippen LogP contribution in [0.15, 0.2) is 79.1 Å². The van der Waals surface area contributed by atoms with E-state index in [0.29, 0.717) is 6.54 Å². The molecule has 0 aliphatic heterocycles. The molecule has 4 nitrogen and oxygen atoms in total. The highest BCUT2D eigenvalue weighted by Crippen LogP contribution is 2.35. The molecular formula is C22H20N4. The maximum atomic E-state index is 5.72. The lowest BCUT2D eigenvalue weighted by Gasteiger charge is -2.08. The number of hydrogen-bond donors (Lipinski definition) is 1. The number of aromatic nitrogens is 3. The van der Waals surface area contributed by atoms with Crippen LogP contribution in [-0.2, 0) is 13.6 Å². The first-order valence-corrected chi connectivity index (χ1v) is 8.60. The summed E-state index contributed by atoms with van der Waals surface area (Å²) in [6.45, 7) is 0.540. The Morgan fingerprint density at radius 3 is 2.15 bits per heavy atom. The largest absolute Gasteiger partial charge is 0.327 e. The zero-order valence-electron chi connectivity index (χ0n) is 14.6. The molecule has 26 heavy (non-hydrogen) atoms. The topological polar surface area (TPSA) is 56.7 Å². The van der Waals surface area contributed by atoms with Crippen molar-refractivity contribution in [2.24, 2.45) is 12.8 Å². The van der Waals surface area contributed by atoms with Gasteiger partial charge in [0.2, 0.25) is 0 Å². The van der Waals surface area contributed by atoms with Crippen LogP contribution in [0.3, 0.4) is 0 Å². The lowest BCUT2D eigenvalue weighted by Crippen LogP contribution is -1.98. The third-order valence-electron chi connectivity index (χ3n) is 4.54. The van der Waals surface area contributed by atoms with E-state index in [4.69, 9.17) is 10.7 Å². The summed E-state index contributed by atoms with van der Waals surface area (Å²) in [5.41, 5.74) is 12.1. The van der Waals surface area contributed by atoms with Crippen molar-refractivity contribution in [2.45, 2.75) is 6.54 Å². The Kier molecular flexibility index (Phi) is 4.33. The number of rotatable bonds is 4. The molecule has 0 atom stereocenters. The van der Waals surface area contributed by atoms with E-state index in [1.807, 2.05) is 42.7 Å². The molecule has 128 valence electrons. The minimum absolute atomic E-state index is 0.540. The molecule has 0 unspecified atom stereocenters. The predicted molar refractivity (Wildman–Crippen MR) is 105 cm³/mol. The summed E-state index contributed by atoms with van der Waals surface area (Å²) in [5.74, 6) is 0.930. The normalized spacial score (nSPS) is 10.8. The molecule has 0 radical (unpaired) electrons. The van der Waals surface area contributed by atoms with E-state index in [0.717, 1.165) is 39.5 Å². The van der Waals surface area contributed by atoms with Crippen LogP contribution in [0.2, 0.25) is 0 Å². The van der Waals surface area contributed by atoms with Crippen molar-refractivity contribution in [3.05, 3.63) is 84.7 Å². The molecule has 0 saturated carbocycles. The predicted octanol–water partition coefficient (Wildman–Crippen LogP) is 4.27. The zero-order valence-corrected chi connectivity index (χ0v) is 14.6. The fourth-order valence-corrected chi connectivity index (χ4v) is 3.18. The summed E-state index contributed by atoms with van der Waals surface area (Å²) in [6, 6.07) is 22.6. The van der Waals surface area contributed by atoms with Crippen LogP contribution in [0.4, 0.5) is 0 Å². The van der Waals surface area contributed by atoms with Gasteiger partial charge in [-0.15, -0.1) is 0 Å². The van der Waals surface area contributed by atoms with Gasteiger partial charge in [-0.25, -0.2) is 4.98 Å². The second-order valence-corrected chi connectivity index (χ2v) is 6.19. The third-order valence-corrected chi connectivity index (χ3v) is 4.54. The first-order valence-electron chi connectivity index (χ1n) is 8.60. The van der Waals surface area contributed by atoms with Gasteiger partial charge in [0.05, 0.1) is 11.4 Å².